The number of para-hydroxylation sites is 2. The molecule has 9 aromatic carbocycles. The predicted molar refractivity (Wildman–Crippen MR) is 222 cm³/mol. The second-order valence-electron chi connectivity index (χ2n) is 14.4. The molecule has 0 bridgehead atoms. The molecule has 3 aromatic heterocycles. The van der Waals surface area contributed by atoms with Gasteiger partial charge >= 0.3 is 0 Å². The molecule has 53 heavy (non-hydrogen) atoms. The van der Waals surface area contributed by atoms with Crippen molar-refractivity contribution in [2.24, 2.45) is 0 Å². The first-order chi connectivity index (χ1) is 26.3. The lowest BCUT2D eigenvalue weighted by Crippen LogP contribution is -1.96. The monoisotopic (exact) mass is 672 g/mol. The number of hydrogen-bond acceptors (Lipinski definition) is 1. The molecule has 244 valence electrons. The lowest BCUT2D eigenvalue weighted by atomic mass is 10.0. The molecule has 3 nitrogen and oxygen atoms in total. The smallest absolute Gasteiger partial charge is 0.136 e. The first-order valence-corrected chi connectivity index (χ1v) is 18.3. The van der Waals surface area contributed by atoms with Crippen molar-refractivity contribution in [3.05, 3.63) is 170 Å². The Kier molecular flexibility index (Phi) is 5.11. The average molecular weight is 673 g/mol. The van der Waals surface area contributed by atoms with Crippen molar-refractivity contribution in [1.82, 2.24) is 9.13 Å². The summed E-state index contributed by atoms with van der Waals surface area (Å²) in [5.41, 5.74) is 14.1. The van der Waals surface area contributed by atoms with E-state index in [0.29, 0.717) is 0 Å². The molecule has 0 radical (unpaired) electrons. The maximum Gasteiger partial charge on any atom is 0.136 e. The van der Waals surface area contributed by atoms with Crippen LogP contribution in [0.25, 0.3) is 121 Å². The van der Waals surface area contributed by atoms with Gasteiger partial charge < -0.3 is 13.6 Å². The van der Waals surface area contributed by atoms with Crippen LogP contribution in [0.15, 0.2) is 174 Å². The van der Waals surface area contributed by atoms with Crippen molar-refractivity contribution in [2.45, 2.75) is 0 Å². The van der Waals surface area contributed by atoms with Gasteiger partial charge in [-0.1, -0.05) is 115 Å². The Morgan fingerprint density at radius 2 is 1.02 bits per heavy atom. The zero-order chi connectivity index (χ0) is 34.4. The van der Waals surface area contributed by atoms with Crippen LogP contribution in [0.5, 0.6) is 0 Å². The largest absolute Gasteiger partial charge is 0.456 e. The molecule has 0 fully saturated rings. The van der Waals surface area contributed by atoms with Crippen molar-refractivity contribution in [3.8, 4) is 33.6 Å². The number of hydrogen-bond donors (Lipinski definition) is 0. The maximum atomic E-state index is 6.51. The van der Waals surface area contributed by atoms with Gasteiger partial charge in [0.05, 0.1) is 22.1 Å². The first-order valence-electron chi connectivity index (χ1n) is 18.3. The highest BCUT2D eigenvalue weighted by Gasteiger charge is 2.26. The molecule has 1 aliphatic carbocycles. The number of benzene rings is 9. The molecule has 0 N–H and O–H groups in total. The van der Waals surface area contributed by atoms with Crippen molar-refractivity contribution < 1.29 is 4.42 Å². The predicted octanol–water partition coefficient (Wildman–Crippen LogP) is 13.7. The Bertz CT molecular complexity index is 3570. The number of nitrogens with zero attached hydrogens (tertiary/aromatic N) is 2. The molecule has 0 spiro atoms. The second-order valence-corrected chi connectivity index (χ2v) is 14.4. The summed E-state index contributed by atoms with van der Waals surface area (Å²) < 4.78 is 11.5. The minimum atomic E-state index is 0.909. The zero-order valence-corrected chi connectivity index (χ0v) is 28.5. The summed E-state index contributed by atoms with van der Waals surface area (Å²) in [4.78, 5) is 0. The van der Waals surface area contributed by atoms with Crippen LogP contribution >= 0.6 is 0 Å². The zero-order valence-electron chi connectivity index (χ0n) is 28.5. The standard InChI is InChI=1S/C50H28N2O/c1-2-11-30-26-32(21-20-29(30)10-1)51-41-18-7-5-15-37(41)48-43(51)23-22-39-47-42(24-25-45-49(47)38-16-6-8-19-44(38)53-45)52(50(39)48)33-27-31-12-9-17-36-34-13-3-4-14-35(34)40(28-33)46(31)36/h1-28H. The third-order valence-corrected chi connectivity index (χ3v) is 11.8. The molecule has 0 saturated carbocycles. The molecular formula is C50H28N2O. The van der Waals surface area contributed by atoms with Gasteiger partial charge in [0.25, 0.3) is 0 Å². The molecule has 0 atom stereocenters. The lowest BCUT2D eigenvalue weighted by Gasteiger charge is -2.13. The molecule has 3 heterocycles. The molecule has 13 rings (SSSR count). The van der Waals surface area contributed by atoms with Gasteiger partial charge in [-0.2, -0.15) is 0 Å². The topological polar surface area (TPSA) is 23.0 Å². The van der Waals surface area contributed by atoms with Crippen molar-refractivity contribution in [1.29, 1.82) is 0 Å². The third-order valence-electron chi connectivity index (χ3n) is 11.8. The van der Waals surface area contributed by atoms with Gasteiger partial charge in [-0.05, 0) is 98.4 Å². The number of furan rings is 1. The van der Waals surface area contributed by atoms with E-state index in [1.54, 1.807) is 0 Å². The summed E-state index contributed by atoms with van der Waals surface area (Å²) in [6.07, 6.45) is 0. The Morgan fingerprint density at radius 3 is 1.94 bits per heavy atom. The molecule has 0 aliphatic heterocycles. The molecule has 0 saturated heterocycles. The van der Waals surface area contributed by atoms with E-state index in [0.717, 1.165) is 33.3 Å². The van der Waals surface area contributed by atoms with E-state index < -0.39 is 0 Å². The normalized spacial score (nSPS) is 12.5. The summed E-state index contributed by atoms with van der Waals surface area (Å²) >= 11 is 0. The highest BCUT2D eigenvalue weighted by molar-refractivity contribution is 6.33. The lowest BCUT2D eigenvalue weighted by molar-refractivity contribution is 0.669. The molecule has 0 amide bonds. The van der Waals surface area contributed by atoms with Crippen LogP contribution in [0.4, 0.5) is 0 Å². The van der Waals surface area contributed by atoms with Gasteiger partial charge in [-0.25, -0.2) is 0 Å². The quantitative estimate of drug-likeness (QED) is 0.179. The van der Waals surface area contributed by atoms with Gasteiger partial charge in [0, 0.05) is 43.7 Å². The van der Waals surface area contributed by atoms with Crippen LogP contribution in [0.3, 0.4) is 0 Å². The fourth-order valence-corrected chi connectivity index (χ4v) is 9.65. The van der Waals surface area contributed by atoms with Crippen LogP contribution in [0.1, 0.15) is 0 Å². The van der Waals surface area contributed by atoms with Crippen molar-refractivity contribution >= 4 is 87.1 Å². The van der Waals surface area contributed by atoms with E-state index >= 15 is 0 Å². The first kappa shape index (κ1) is 27.6. The van der Waals surface area contributed by atoms with Crippen LogP contribution < -0.4 is 0 Å². The number of rotatable bonds is 2. The fraction of sp³-hybridized carbons (Fsp3) is 0. The van der Waals surface area contributed by atoms with Gasteiger partial charge in [-0.15, -0.1) is 0 Å². The molecule has 1 aliphatic rings. The molecular weight excluding hydrogens is 645 g/mol. The van der Waals surface area contributed by atoms with E-state index in [4.69, 9.17) is 4.42 Å². The summed E-state index contributed by atoms with van der Waals surface area (Å²) in [5, 5.41) is 12.3. The third kappa shape index (κ3) is 3.49. The Hall–Kier alpha value is -7.10. The van der Waals surface area contributed by atoms with Crippen LogP contribution in [-0.2, 0) is 0 Å². The SMILES string of the molecule is c1ccc2c(c1)-c1cccc3cc(-n4c5ccc6oc7ccccc7c6c5c5ccc6c(c7ccccc7n6-c6ccc7ccccc7c6)c54)cc-2c13. The summed E-state index contributed by atoms with van der Waals surface area (Å²) in [6, 6.07) is 62.3. The van der Waals surface area contributed by atoms with Crippen LogP contribution in [0, 0.1) is 0 Å². The van der Waals surface area contributed by atoms with Crippen LogP contribution in [0.2, 0.25) is 0 Å². The van der Waals surface area contributed by atoms with Crippen molar-refractivity contribution in [2.75, 3.05) is 0 Å². The fourth-order valence-electron chi connectivity index (χ4n) is 9.65. The summed E-state index contributed by atoms with van der Waals surface area (Å²) in [7, 11) is 0. The van der Waals surface area contributed by atoms with Gasteiger partial charge in [-0.3, -0.25) is 0 Å². The van der Waals surface area contributed by atoms with Crippen LogP contribution in [-0.4, -0.2) is 9.13 Å². The molecule has 3 heteroatoms. The van der Waals surface area contributed by atoms with Crippen molar-refractivity contribution in [3.63, 3.8) is 0 Å². The highest BCUT2D eigenvalue weighted by Crippen LogP contribution is 2.50. The second kappa shape index (κ2) is 9.81. The summed E-state index contributed by atoms with van der Waals surface area (Å²) in [5.74, 6) is 0. The maximum absolute atomic E-state index is 6.51. The number of fused-ring (bicyclic) bond motifs is 15. The number of aromatic nitrogens is 2. The van der Waals surface area contributed by atoms with Gasteiger partial charge in [0.2, 0.25) is 0 Å². The Balaban J connectivity index is 1.24. The average Bonchev–Trinajstić information content (AvgIpc) is 3.95. The minimum absolute atomic E-state index is 0.909. The van der Waals surface area contributed by atoms with E-state index in [1.165, 1.54) is 87.4 Å². The van der Waals surface area contributed by atoms with Gasteiger partial charge in [0.1, 0.15) is 11.2 Å². The highest BCUT2D eigenvalue weighted by atomic mass is 16.3. The Labute approximate surface area is 303 Å². The minimum Gasteiger partial charge on any atom is -0.456 e. The Morgan fingerprint density at radius 1 is 0.321 bits per heavy atom. The van der Waals surface area contributed by atoms with Gasteiger partial charge in [0.15, 0.2) is 0 Å². The molecule has 12 aromatic rings. The van der Waals surface area contributed by atoms with E-state index in [1.807, 2.05) is 0 Å². The summed E-state index contributed by atoms with van der Waals surface area (Å²) in [6.45, 7) is 0. The molecule has 0 unspecified atom stereocenters. The van der Waals surface area contributed by atoms with E-state index in [2.05, 4.69) is 179 Å². The van der Waals surface area contributed by atoms with E-state index in [9.17, 15) is 0 Å². The van der Waals surface area contributed by atoms with E-state index in [-0.39, 0.29) is 0 Å².